The van der Waals surface area contributed by atoms with Crippen molar-refractivity contribution in [2.24, 2.45) is 0 Å². The molecular weight excluding hydrogens is 537 g/mol. The van der Waals surface area contributed by atoms with E-state index in [0.717, 1.165) is 12.0 Å². The highest BCUT2D eigenvalue weighted by Gasteiger charge is 2.16. The highest BCUT2D eigenvalue weighted by molar-refractivity contribution is 6.40. The van der Waals surface area contributed by atoms with Crippen LogP contribution in [0.1, 0.15) is 49.3 Å². The maximum atomic E-state index is 12.3. The monoisotopic (exact) mass is 567 g/mol. The summed E-state index contributed by atoms with van der Waals surface area (Å²) in [6, 6.07) is 9.01. The molecule has 200 valence electrons. The van der Waals surface area contributed by atoms with E-state index in [0.29, 0.717) is 33.9 Å². The molecular formula is C27H32Cl3N3O4. The second kappa shape index (κ2) is 14.9. The smallest absolute Gasteiger partial charge is 0.329 e. The largest absolute Gasteiger partial charge is 0.489 e. The molecule has 3 rings (SSSR count). The van der Waals surface area contributed by atoms with Gasteiger partial charge in [0.15, 0.2) is 5.75 Å². The van der Waals surface area contributed by atoms with Gasteiger partial charge in [0.05, 0.1) is 23.0 Å². The Labute approximate surface area is 232 Å². The van der Waals surface area contributed by atoms with E-state index in [2.05, 4.69) is 4.98 Å². The third-order valence-electron chi connectivity index (χ3n) is 5.72. The highest BCUT2D eigenvalue weighted by atomic mass is 35.5. The van der Waals surface area contributed by atoms with Crippen molar-refractivity contribution in [2.45, 2.75) is 46.5 Å². The van der Waals surface area contributed by atoms with E-state index in [-0.39, 0.29) is 25.0 Å². The predicted molar refractivity (Wildman–Crippen MR) is 148 cm³/mol. The van der Waals surface area contributed by atoms with Crippen molar-refractivity contribution in [1.29, 1.82) is 0 Å². The number of rotatable bonds is 9. The van der Waals surface area contributed by atoms with Gasteiger partial charge in [0, 0.05) is 24.0 Å². The summed E-state index contributed by atoms with van der Waals surface area (Å²) in [6.07, 6.45) is 5.68. The summed E-state index contributed by atoms with van der Waals surface area (Å²) in [6.45, 7) is 9.33. The fourth-order valence-electron chi connectivity index (χ4n) is 3.71. The molecule has 0 aliphatic heterocycles. The first kappa shape index (κ1) is 30.5. The zero-order valence-corrected chi connectivity index (χ0v) is 23.6. The molecule has 0 spiro atoms. The molecule has 37 heavy (non-hydrogen) atoms. The SMILES string of the molecule is CCCN(CCOc1c(Cl)cc(Cl)cc1Cl)C(=O)n1ccnc1.Cc1cccc(C(C)CC(=O)O)c1C. The van der Waals surface area contributed by atoms with Crippen molar-refractivity contribution in [2.75, 3.05) is 19.7 Å². The third kappa shape index (κ3) is 9.26. The van der Waals surface area contributed by atoms with Crippen LogP contribution in [0.15, 0.2) is 49.1 Å². The van der Waals surface area contributed by atoms with Crippen molar-refractivity contribution in [3.05, 3.63) is 80.8 Å². The Hall–Kier alpha value is -2.74. The summed E-state index contributed by atoms with van der Waals surface area (Å²) in [7, 11) is 0. The van der Waals surface area contributed by atoms with Crippen LogP contribution in [0, 0.1) is 13.8 Å². The number of aryl methyl sites for hydroxylation is 1. The number of carboxylic acids is 1. The highest BCUT2D eigenvalue weighted by Crippen LogP contribution is 2.35. The molecule has 0 bridgehead atoms. The zero-order chi connectivity index (χ0) is 27.5. The average Bonchev–Trinajstić information content (AvgIpc) is 3.36. The van der Waals surface area contributed by atoms with Gasteiger partial charge < -0.3 is 14.7 Å². The lowest BCUT2D eigenvalue weighted by Gasteiger charge is -2.22. The van der Waals surface area contributed by atoms with Crippen LogP contribution in [0.5, 0.6) is 5.75 Å². The van der Waals surface area contributed by atoms with Gasteiger partial charge in [-0.05, 0) is 55.0 Å². The topological polar surface area (TPSA) is 84.7 Å². The number of carboxylic acid groups (broad SMARTS) is 1. The van der Waals surface area contributed by atoms with Gasteiger partial charge in [0.2, 0.25) is 0 Å². The number of imidazole rings is 1. The van der Waals surface area contributed by atoms with E-state index < -0.39 is 5.97 Å². The van der Waals surface area contributed by atoms with Crippen LogP contribution in [0.3, 0.4) is 0 Å². The predicted octanol–water partition coefficient (Wildman–Crippen LogP) is 7.48. The molecule has 10 heteroatoms. The Morgan fingerprint density at radius 3 is 2.38 bits per heavy atom. The number of hydrogen-bond acceptors (Lipinski definition) is 4. The molecule has 1 atom stereocenters. The molecule has 0 radical (unpaired) electrons. The third-order valence-corrected chi connectivity index (χ3v) is 6.50. The minimum absolute atomic E-state index is 0.0902. The lowest BCUT2D eigenvalue weighted by molar-refractivity contribution is -0.137. The van der Waals surface area contributed by atoms with E-state index in [1.165, 1.54) is 22.0 Å². The first-order chi connectivity index (χ1) is 17.5. The number of carbonyl (C=O) groups excluding carboxylic acids is 1. The first-order valence-corrected chi connectivity index (χ1v) is 13.0. The van der Waals surface area contributed by atoms with Crippen LogP contribution < -0.4 is 4.74 Å². The molecule has 7 nitrogen and oxygen atoms in total. The lowest BCUT2D eigenvalue weighted by atomic mass is 9.91. The summed E-state index contributed by atoms with van der Waals surface area (Å²) in [5.74, 6) is -0.282. The zero-order valence-electron chi connectivity index (χ0n) is 21.4. The first-order valence-electron chi connectivity index (χ1n) is 11.9. The van der Waals surface area contributed by atoms with Gasteiger partial charge >= 0.3 is 12.0 Å². The van der Waals surface area contributed by atoms with Crippen molar-refractivity contribution < 1.29 is 19.4 Å². The molecule has 3 aromatic rings. The fourth-order valence-corrected chi connectivity index (χ4v) is 4.64. The number of carbonyl (C=O) groups is 2. The van der Waals surface area contributed by atoms with E-state index in [1.54, 1.807) is 29.4 Å². The molecule has 2 aromatic carbocycles. The van der Waals surface area contributed by atoms with Gasteiger partial charge in [0.25, 0.3) is 0 Å². The summed E-state index contributed by atoms with van der Waals surface area (Å²) in [5.41, 5.74) is 3.58. The maximum absolute atomic E-state index is 12.3. The molecule has 0 aliphatic carbocycles. The maximum Gasteiger partial charge on any atom is 0.329 e. The van der Waals surface area contributed by atoms with Gasteiger partial charge in [-0.25, -0.2) is 9.78 Å². The van der Waals surface area contributed by atoms with E-state index in [4.69, 9.17) is 44.6 Å². The Morgan fingerprint density at radius 1 is 1.14 bits per heavy atom. The van der Waals surface area contributed by atoms with E-state index in [1.807, 2.05) is 45.9 Å². The summed E-state index contributed by atoms with van der Waals surface area (Å²) < 4.78 is 7.05. The van der Waals surface area contributed by atoms with Crippen molar-refractivity contribution >= 4 is 46.8 Å². The summed E-state index contributed by atoms with van der Waals surface area (Å²) >= 11 is 18.0. The van der Waals surface area contributed by atoms with Crippen LogP contribution in [0.4, 0.5) is 4.79 Å². The van der Waals surface area contributed by atoms with Crippen LogP contribution in [0.25, 0.3) is 0 Å². The number of benzene rings is 2. The molecule has 1 N–H and O–H groups in total. The number of amides is 1. The van der Waals surface area contributed by atoms with Crippen molar-refractivity contribution in [3.63, 3.8) is 0 Å². The number of hydrogen-bond donors (Lipinski definition) is 1. The van der Waals surface area contributed by atoms with Gasteiger partial charge in [-0.15, -0.1) is 0 Å². The van der Waals surface area contributed by atoms with Gasteiger partial charge in [-0.2, -0.15) is 0 Å². The number of nitrogens with zero attached hydrogens (tertiary/aromatic N) is 3. The molecule has 1 heterocycles. The number of aliphatic carboxylic acids is 1. The molecule has 0 saturated heterocycles. The Bertz CT molecular complexity index is 1160. The van der Waals surface area contributed by atoms with Crippen LogP contribution in [-0.2, 0) is 4.79 Å². The minimum atomic E-state index is -0.738. The Morgan fingerprint density at radius 2 is 1.81 bits per heavy atom. The fraction of sp³-hybridized carbons (Fsp3) is 0.370. The second-order valence-electron chi connectivity index (χ2n) is 8.57. The lowest BCUT2D eigenvalue weighted by Crippen LogP contribution is -2.37. The molecule has 0 aliphatic rings. The van der Waals surface area contributed by atoms with Gasteiger partial charge in [0.1, 0.15) is 12.9 Å². The van der Waals surface area contributed by atoms with Crippen LogP contribution >= 0.6 is 34.8 Å². The quantitative estimate of drug-likeness (QED) is 0.289. The van der Waals surface area contributed by atoms with Gasteiger partial charge in [-0.3, -0.25) is 9.36 Å². The van der Waals surface area contributed by atoms with Crippen LogP contribution in [0.2, 0.25) is 15.1 Å². The Kier molecular flexibility index (Phi) is 12.2. The number of halogens is 3. The standard InChI is InChI=1S/C15H16Cl3N3O2.C12H16O2/c1-2-4-20(15(22)21-5-3-19-10-21)6-7-23-14-12(17)8-11(16)9-13(14)18;1-8-5-4-6-11(10(8)3)9(2)7-12(13)14/h3,5,8-10H,2,4,6-7H2,1H3;4-6,9H,7H2,1-3H3,(H,13,14). The minimum Gasteiger partial charge on any atom is -0.489 e. The average molecular weight is 569 g/mol. The summed E-state index contributed by atoms with van der Waals surface area (Å²) in [5, 5.41) is 9.82. The molecule has 1 unspecified atom stereocenters. The van der Waals surface area contributed by atoms with Gasteiger partial charge in [-0.1, -0.05) is 66.8 Å². The second-order valence-corrected chi connectivity index (χ2v) is 9.83. The van der Waals surface area contributed by atoms with Crippen LogP contribution in [-0.4, -0.2) is 51.3 Å². The van der Waals surface area contributed by atoms with Crippen molar-refractivity contribution in [1.82, 2.24) is 14.5 Å². The van der Waals surface area contributed by atoms with Crippen molar-refractivity contribution in [3.8, 4) is 5.75 Å². The molecule has 0 fully saturated rings. The molecule has 1 amide bonds. The molecule has 1 aromatic heterocycles. The molecule has 0 saturated carbocycles. The Balaban J connectivity index is 0.000000294. The summed E-state index contributed by atoms with van der Waals surface area (Å²) in [4.78, 5) is 28.5. The normalized spacial score (nSPS) is 11.3. The number of ether oxygens (including phenoxy) is 1. The number of aromatic nitrogens is 2. The van der Waals surface area contributed by atoms with E-state index in [9.17, 15) is 9.59 Å². The van der Waals surface area contributed by atoms with E-state index >= 15 is 0 Å².